The largest absolute Gasteiger partial charge is 0.396 e. The van der Waals surface area contributed by atoms with Gasteiger partial charge in [0.05, 0.1) is 23.8 Å². The second-order valence-corrected chi connectivity index (χ2v) is 3.96. The Hall–Kier alpha value is -2.63. The molecule has 3 aromatic rings. The van der Waals surface area contributed by atoms with Gasteiger partial charge in [0.15, 0.2) is 0 Å². The molecule has 0 atom stereocenters. The van der Waals surface area contributed by atoms with Crippen LogP contribution in [-0.2, 0) is 7.05 Å². The number of hydrogen-bond donors (Lipinski definition) is 1. The molecule has 0 radical (unpaired) electrons. The topological polar surface area (TPSA) is 74.6 Å². The van der Waals surface area contributed by atoms with E-state index in [1.165, 1.54) is 0 Å². The zero-order valence-corrected chi connectivity index (χ0v) is 9.85. The maximum absolute atomic E-state index is 5.86. The van der Waals surface area contributed by atoms with Crippen LogP contribution < -0.4 is 5.73 Å². The summed E-state index contributed by atoms with van der Waals surface area (Å²) in [5, 5.41) is 12.3. The van der Waals surface area contributed by atoms with Crippen LogP contribution in [-0.4, -0.2) is 24.8 Å². The van der Waals surface area contributed by atoms with Crippen molar-refractivity contribution < 1.29 is 0 Å². The van der Waals surface area contributed by atoms with Gasteiger partial charge in [-0.1, -0.05) is 23.4 Å². The summed E-state index contributed by atoms with van der Waals surface area (Å²) in [5.41, 5.74) is 8.89. The van der Waals surface area contributed by atoms with Gasteiger partial charge in [-0.25, -0.2) is 4.68 Å². The Morgan fingerprint density at radius 2 is 1.94 bits per heavy atom. The summed E-state index contributed by atoms with van der Waals surface area (Å²) < 4.78 is 3.40. The Morgan fingerprint density at radius 1 is 1.17 bits per heavy atom. The van der Waals surface area contributed by atoms with Crippen LogP contribution in [0.2, 0.25) is 0 Å². The van der Waals surface area contributed by atoms with E-state index in [-0.39, 0.29) is 0 Å². The molecule has 0 amide bonds. The van der Waals surface area contributed by atoms with E-state index >= 15 is 0 Å². The van der Waals surface area contributed by atoms with Crippen molar-refractivity contribution in [3.8, 4) is 17.1 Å². The van der Waals surface area contributed by atoms with Gasteiger partial charge in [-0.15, -0.1) is 5.10 Å². The van der Waals surface area contributed by atoms with Crippen LogP contribution in [0.4, 0.5) is 5.69 Å². The van der Waals surface area contributed by atoms with Gasteiger partial charge in [-0.05, 0) is 12.1 Å². The van der Waals surface area contributed by atoms with Gasteiger partial charge in [-0.2, -0.15) is 5.10 Å². The van der Waals surface area contributed by atoms with Gasteiger partial charge in [0.1, 0.15) is 11.4 Å². The van der Waals surface area contributed by atoms with Crippen molar-refractivity contribution >= 4 is 5.69 Å². The molecular formula is C12H12N6. The third-order valence-electron chi connectivity index (χ3n) is 2.72. The maximum Gasteiger partial charge on any atom is 0.133 e. The fourth-order valence-electron chi connectivity index (χ4n) is 1.85. The lowest BCUT2D eigenvalue weighted by Crippen LogP contribution is -1.96. The second kappa shape index (κ2) is 3.99. The van der Waals surface area contributed by atoms with Gasteiger partial charge >= 0.3 is 0 Å². The molecule has 2 N–H and O–H groups in total. The van der Waals surface area contributed by atoms with Gasteiger partial charge < -0.3 is 5.73 Å². The highest BCUT2D eigenvalue weighted by Crippen LogP contribution is 2.22. The molecule has 2 aromatic heterocycles. The quantitative estimate of drug-likeness (QED) is 0.731. The Labute approximate surface area is 104 Å². The third-order valence-corrected chi connectivity index (χ3v) is 2.72. The molecule has 0 aliphatic rings. The highest BCUT2D eigenvalue weighted by atomic mass is 15.4. The molecule has 0 bridgehead atoms. The lowest BCUT2D eigenvalue weighted by molar-refractivity contribution is 0.770. The van der Waals surface area contributed by atoms with E-state index in [0.717, 1.165) is 11.4 Å². The fraction of sp³-hybridized carbons (Fsp3) is 0.0833. The number of hydrogen-bond acceptors (Lipinski definition) is 4. The maximum atomic E-state index is 5.86. The van der Waals surface area contributed by atoms with Crippen molar-refractivity contribution in [2.75, 3.05) is 5.73 Å². The van der Waals surface area contributed by atoms with Crippen LogP contribution >= 0.6 is 0 Å². The highest BCUT2D eigenvalue weighted by Gasteiger charge is 2.12. The number of nitrogens with two attached hydrogens (primary N) is 1. The summed E-state index contributed by atoms with van der Waals surface area (Å²) >= 11 is 0. The molecule has 2 heterocycles. The monoisotopic (exact) mass is 240 g/mol. The summed E-state index contributed by atoms with van der Waals surface area (Å²) in [6.07, 6.45) is 3.44. The molecule has 0 aliphatic heterocycles. The standard InChI is InChI=1S/C12H12N6/c1-17-12(10(13)7-14-17)11-8-18(16-15-11)9-5-3-2-4-6-9/h2-8H,13H2,1H3. The number of nitrogen functional groups attached to an aromatic ring is 1. The average molecular weight is 240 g/mol. The molecule has 0 unspecified atom stereocenters. The normalized spacial score (nSPS) is 10.7. The first kappa shape index (κ1) is 10.5. The van der Waals surface area contributed by atoms with E-state index < -0.39 is 0 Å². The lowest BCUT2D eigenvalue weighted by Gasteiger charge is -1.99. The fourth-order valence-corrected chi connectivity index (χ4v) is 1.85. The number of anilines is 1. The molecule has 0 saturated carbocycles. The van der Waals surface area contributed by atoms with Crippen LogP contribution in [0, 0.1) is 0 Å². The van der Waals surface area contributed by atoms with E-state index in [1.54, 1.807) is 15.6 Å². The van der Waals surface area contributed by atoms with Crippen LogP contribution in [0.15, 0.2) is 42.7 Å². The third kappa shape index (κ3) is 1.64. The molecule has 0 fully saturated rings. The molecule has 0 spiro atoms. The van der Waals surface area contributed by atoms with Crippen molar-refractivity contribution in [1.29, 1.82) is 0 Å². The van der Waals surface area contributed by atoms with Crippen LogP contribution in [0.25, 0.3) is 17.1 Å². The predicted molar refractivity (Wildman–Crippen MR) is 68.0 cm³/mol. The van der Waals surface area contributed by atoms with Crippen molar-refractivity contribution in [2.24, 2.45) is 7.05 Å². The molecule has 0 saturated heterocycles. The molecule has 6 heteroatoms. The Bertz CT molecular complexity index is 647. The van der Waals surface area contributed by atoms with Crippen LogP contribution in [0.1, 0.15) is 0 Å². The highest BCUT2D eigenvalue weighted by molar-refractivity contribution is 5.68. The molecular weight excluding hydrogens is 228 g/mol. The second-order valence-electron chi connectivity index (χ2n) is 3.96. The van der Waals surface area contributed by atoms with Crippen molar-refractivity contribution in [2.45, 2.75) is 0 Å². The average Bonchev–Trinajstić information content (AvgIpc) is 2.98. The molecule has 90 valence electrons. The number of aromatic nitrogens is 5. The molecule has 3 rings (SSSR count). The van der Waals surface area contributed by atoms with E-state index in [1.807, 2.05) is 43.6 Å². The molecule has 18 heavy (non-hydrogen) atoms. The Morgan fingerprint density at radius 3 is 2.61 bits per heavy atom. The zero-order valence-electron chi connectivity index (χ0n) is 9.85. The smallest absolute Gasteiger partial charge is 0.133 e. The first-order chi connectivity index (χ1) is 8.75. The lowest BCUT2D eigenvalue weighted by atomic mass is 10.3. The van der Waals surface area contributed by atoms with E-state index in [0.29, 0.717) is 11.4 Å². The van der Waals surface area contributed by atoms with Gasteiger partial charge in [0.2, 0.25) is 0 Å². The number of benzene rings is 1. The summed E-state index contributed by atoms with van der Waals surface area (Å²) in [5.74, 6) is 0. The number of para-hydroxylation sites is 1. The molecule has 6 nitrogen and oxygen atoms in total. The summed E-state index contributed by atoms with van der Waals surface area (Å²) in [6.45, 7) is 0. The van der Waals surface area contributed by atoms with Gasteiger partial charge in [0.25, 0.3) is 0 Å². The Balaban J connectivity index is 2.05. The van der Waals surface area contributed by atoms with Crippen molar-refractivity contribution in [1.82, 2.24) is 24.8 Å². The van der Waals surface area contributed by atoms with Gasteiger partial charge in [-0.3, -0.25) is 4.68 Å². The van der Waals surface area contributed by atoms with Crippen molar-refractivity contribution in [3.63, 3.8) is 0 Å². The van der Waals surface area contributed by atoms with E-state index in [2.05, 4.69) is 15.4 Å². The van der Waals surface area contributed by atoms with Gasteiger partial charge in [0, 0.05) is 7.05 Å². The minimum absolute atomic E-state index is 0.595. The number of aryl methyl sites for hydroxylation is 1. The molecule has 0 aliphatic carbocycles. The minimum Gasteiger partial charge on any atom is -0.396 e. The number of rotatable bonds is 2. The van der Waals surface area contributed by atoms with Crippen LogP contribution in [0.5, 0.6) is 0 Å². The van der Waals surface area contributed by atoms with Crippen LogP contribution in [0.3, 0.4) is 0 Å². The van der Waals surface area contributed by atoms with Crippen molar-refractivity contribution in [3.05, 3.63) is 42.7 Å². The Kier molecular flexibility index (Phi) is 2.33. The first-order valence-electron chi connectivity index (χ1n) is 5.51. The summed E-state index contributed by atoms with van der Waals surface area (Å²) in [7, 11) is 1.83. The number of nitrogens with zero attached hydrogens (tertiary/aromatic N) is 5. The summed E-state index contributed by atoms with van der Waals surface area (Å²) in [4.78, 5) is 0. The summed E-state index contributed by atoms with van der Waals surface area (Å²) in [6, 6.07) is 9.79. The zero-order chi connectivity index (χ0) is 12.5. The SMILES string of the molecule is Cn1ncc(N)c1-c1cn(-c2ccccc2)nn1. The van der Waals surface area contributed by atoms with E-state index in [4.69, 9.17) is 5.73 Å². The first-order valence-corrected chi connectivity index (χ1v) is 5.51. The predicted octanol–water partition coefficient (Wildman–Crippen LogP) is 1.25. The minimum atomic E-state index is 0.595. The van der Waals surface area contributed by atoms with E-state index in [9.17, 15) is 0 Å². The molecule has 1 aromatic carbocycles.